The Kier molecular flexibility index (Phi) is 3.40. The predicted molar refractivity (Wildman–Crippen MR) is 69.1 cm³/mol. The largest absolute Gasteiger partial charge is 0.445 e. The van der Waals surface area contributed by atoms with Gasteiger partial charge in [0.2, 0.25) is 0 Å². The van der Waals surface area contributed by atoms with Crippen molar-refractivity contribution in [2.45, 2.75) is 0 Å². The van der Waals surface area contributed by atoms with Gasteiger partial charge < -0.3 is 4.74 Å². The average molecular weight is 227 g/mol. The van der Waals surface area contributed by atoms with Gasteiger partial charge in [0.25, 0.3) is 0 Å². The molecule has 0 saturated carbocycles. The van der Waals surface area contributed by atoms with Gasteiger partial charge in [-0.05, 0) is 11.5 Å². The molecule has 0 unspecified atom stereocenters. The number of fused-ring (bicyclic) bond motifs is 1. The summed E-state index contributed by atoms with van der Waals surface area (Å²) in [6, 6.07) is 13.6. The topological polar surface area (TPSA) is 38.3 Å². The summed E-state index contributed by atoms with van der Waals surface area (Å²) in [5, 5.41) is 4.78. The third-order valence-electron chi connectivity index (χ3n) is 2.36. The number of rotatable bonds is 3. The number of nitrogens with one attached hydrogen (secondary N) is 1. The Morgan fingerprint density at radius 2 is 2.00 bits per heavy atom. The Bertz CT molecular complexity index is 543. The van der Waals surface area contributed by atoms with Crippen LogP contribution in [0.1, 0.15) is 0 Å². The van der Waals surface area contributed by atoms with Crippen molar-refractivity contribution in [3.8, 4) is 0 Å². The van der Waals surface area contributed by atoms with Crippen LogP contribution in [-0.4, -0.2) is 12.7 Å². The van der Waals surface area contributed by atoms with Crippen LogP contribution in [0.4, 0.5) is 10.5 Å². The number of carbonyl (C=O) groups is 1. The predicted octanol–water partition coefficient (Wildman–Crippen LogP) is 3.57. The van der Waals surface area contributed by atoms with Crippen molar-refractivity contribution in [3.63, 3.8) is 0 Å². The van der Waals surface area contributed by atoms with E-state index in [1.165, 1.54) is 6.08 Å². The van der Waals surface area contributed by atoms with E-state index < -0.39 is 6.09 Å². The van der Waals surface area contributed by atoms with Crippen LogP contribution in [0.2, 0.25) is 0 Å². The number of hydrogen-bond acceptors (Lipinski definition) is 2. The minimum atomic E-state index is -0.471. The molecule has 0 aliphatic carbocycles. The molecule has 0 saturated heterocycles. The molecule has 2 rings (SSSR count). The summed E-state index contributed by atoms with van der Waals surface area (Å²) in [5.41, 5.74) is 0.747. The van der Waals surface area contributed by atoms with Crippen LogP contribution >= 0.6 is 0 Å². The zero-order valence-electron chi connectivity index (χ0n) is 9.35. The fourth-order valence-electron chi connectivity index (χ4n) is 1.62. The van der Waals surface area contributed by atoms with Gasteiger partial charge in [0, 0.05) is 5.39 Å². The molecular weight excluding hydrogens is 214 g/mol. The number of ether oxygens (including phenoxy) is 1. The molecule has 0 aliphatic heterocycles. The molecule has 3 heteroatoms. The first-order chi connectivity index (χ1) is 8.31. The average Bonchev–Trinajstić information content (AvgIpc) is 2.37. The summed E-state index contributed by atoms with van der Waals surface area (Å²) in [6.07, 6.45) is 1.06. The SMILES string of the molecule is C=CCOC(=O)Nc1cccc2ccccc12. The third kappa shape index (κ3) is 2.64. The quantitative estimate of drug-likeness (QED) is 0.814. The Morgan fingerprint density at radius 1 is 1.24 bits per heavy atom. The molecule has 0 heterocycles. The second-order valence-corrected chi connectivity index (χ2v) is 3.54. The number of amides is 1. The molecule has 0 aromatic heterocycles. The van der Waals surface area contributed by atoms with E-state index in [1.807, 2.05) is 42.5 Å². The van der Waals surface area contributed by atoms with E-state index in [4.69, 9.17) is 4.74 Å². The van der Waals surface area contributed by atoms with Crippen LogP contribution in [0.15, 0.2) is 55.1 Å². The van der Waals surface area contributed by atoms with Crippen LogP contribution in [0, 0.1) is 0 Å². The Morgan fingerprint density at radius 3 is 2.82 bits per heavy atom. The van der Waals surface area contributed by atoms with Gasteiger partial charge in [-0.3, -0.25) is 5.32 Å². The first-order valence-corrected chi connectivity index (χ1v) is 5.33. The maximum absolute atomic E-state index is 11.4. The Balaban J connectivity index is 2.23. The lowest BCUT2D eigenvalue weighted by Gasteiger charge is -2.08. The van der Waals surface area contributed by atoms with Crippen molar-refractivity contribution in [2.24, 2.45) is 0 Å². The van der Waals surface area contributed by atoms with Gasteiger partial charge in [-0.15, -0.1) is 0 Å². The number of anilines is 1. The van der Waals surface area contributed by atoms with Crippen LogP contribution in [-0.2, 0) is 4.74 Å². The molecule has 0 atom stereocenters. The molecule has 2 aromatic rings. The van der Waals surface area contributed by atoms with E-state index in [2.05, 4.69) is 11.9 Å². The zero-order chi connectivity index (χ0) is 12.1. The highest BCUT2D eigenvalue weighted by Crippen LogP contribution is 2.22. The second-order valence-electron chi connectivity index (χ2n) is 3.54. The Labute approximate surface area is 99.7 Å². The molecule has 2 aromatic carbocycles. The van der Waals surface area contributed by atoms with Crippen LogP contribution < -0.4 is 5.32 Å². The minimum absolute atomic E-state index is 0.205. The number of hydrogen-bond donors (Lipinski definition) is 1. The van der Waals surface area contributed by atoms with Crippen LogP contribution in [0.25, 0.3) is 10.8 Å². The van der Waals surface area contributed by atoms with Crippen molar-refractivity contribution in [1.29, 1.82) is 0 Å². The lowest BCUT2D eigenvalue weighted by atomic mass is 10.1. The van der Waals surface area contributed by atoms with Gasteiger partial charge in [0.15, 0.2) is 0 Å². The normalized spacial score (nSPS) is 9.88. The van der Waals surface area contributed by atoms with E-state index in [1.54, 1.807) is 0 Å². The van der Waals surface area contributed by atoms with Gasteiger partial charge in [-0.25, -0.2) is 4.79 Å². The molecular formula is C14H13NO2. The van der Waals surface area contributed by atoms with Gasteiger partial charge in [-0.2, -0.15) is 0 Å². The molecule has 86 valence electrons. The summed E-state index contributed by atoms with van der Waals surface area (Å²) < 4.78 is 4.88. The van der Waals surface area contributed by atoms with E-state index in [0.717, 1.165) is 16.5 Å². The summed E-state index contributed by atoms with van der Waals surface area (Å²) >= 11 is 0. The maximum atomic E-state index is 11.4. The molecule has 0 fully saturated rings. The van der Waals surface area contributed by atoms with E-state index in [0.29, 0.717) is 0 Å². The van der Waals surface area contributed by atoms with E-state index in [9.17, 15) is 4.79 Å². The standard InChI is InChI=1S/C14H13NO2/c1-2-10-17-14(16)15-13-9-5-7-11-6-3-4-8-12(11)13/h2-9H,1,10H2,(H,15,16). The summed E-state index contributed by atoms with van der Waals surface area (Å²) in [6.45, 7) is 3.69. The molecule has 0 spiro atoms. The summed E-state index contributed by atoms with van der Waals surface area (Å²) in [7, 11) is 0. The van der Waals surface area contributed by atoms with E-state index >= 15 is 0 Å². The smallest absolute Gasteiger partial charge is 0.411 e. The third-order valence-corrected chi connectivity index (χ3v) is 2.36. The van der Waals surface area contributed by atoms with Gasteiger partial charge in [0.1, 0.15) is 6.61 Å². The lowest BCUT2D eigenvalue weighted by Crippen LogP contribution is -2.13. The van der Waals surface area contributed by atoms with Gasteiger partial charge in [0.05, 0.1) is 5.69 Å². The van der Waals surface area contributed by atoms with Crippen molar-refractivity contribution in [3.05, 3.63) is 55.1 Å². The zero-order valence-corrected chi connectivity index (χ0v) is 9.35. The number of benzene rings is 2. The van der Waals surface area contributed by atoms with Gasteiger partial charge in [-0.1, -0.05) is 49.1 Å². The summed E-state index contributed by atoms with van der Waals surface area (Å²) in [4.78, 5) is 11.4. The fourth-order valence-corrected chi connectivity index (χ4v) is 1.62. The first-order valence-electron chi connectivity index (χ1n) is 5.33. The number of carbonyl (C=O) groups excluding carboxylic acids is 1. The highest BCUT2D eigenvalue weighted by Gasteiger charge is 2.04. The maximum Gasteiger partial charge on any atom is 0.411 e. The first kappa shape index (κ1) is 11.2. The van der Waals surface area contributed by atoms with Crippen LogP contribution in [0.3, 0.4) is 0 Å². The highest BCUT2D eigenvalue weighted by molar-refractivity contribution is 6.00. The van der Waals surface area contributed by atoms with Crippen molar-refractivity contribution in [1.82, 2.24) is 0 Å². The molecule has 3 nitrogen and oxygen atoms in total. The van der Waals surface area contributed by atoms with Gasteiger partial charge >= 0.3 is 6.09 Å². The second kappa shape index (κ2) is 5.16. The fraction of sp³-hybridized carbons (Fsp3) is 0.0714. The molecule has 1 amide bonds. The molecule has 0 radical (unpaired) electrons. The molecule has 0 bridgehead atoms. The minimum Gasteiger partial charge on any atom is -0.445 e. The molecule has 17 heavy (non-hydrogen) atoms. The molecule has 1 N–H and O–H groups in total. The Hall–Kier alpha value is -2.29. The van der Waals surface area contributed by atoms with Crippen LogP contribution in [0.5, 0.6) is 0 Å². The molecule has 0 aliphatic rings. The van der Waals surface area contributed by atoms with Crippen molar-refractivity contribution >= 4 is 22.6 Å². The van der Waals surface area contributed by atoms with Crippen molar-refractivity contribution < 1.29 is 9.53 Å². The van der Waals surface area contributed by atoms with E-state index in [-0.39, 0.29) is 6.61 Å². The highest BCUT2D eigenvalue weighted by atomic mass is 16.5. The van der Waals surface area contributed by atoms with Crippen molar-refractivity contribution in [2.75, 3.05) is 11.9 Å². The summed E-state index contributed by atoms with van der Waals surface area (Å²) in [5.74, 6) is 0. The lowest BCUT2D eigenvalue weighted by molar-refractivity contribution is 0.174. The monoisotopic (exact) mass is 227 g/mol.